The quantitative estimate of drug-likeness (QED) is 0.645. The van der Waals surface area contributed by atoms with Crippen LogP contribution in [-0.2, 0) is 10.0 Å². The summed E-state index contributed by atoms with van der Waals surface area (Å²) in [5.74, 6) is -0.939. The first-order valence-corrected chi connectivity index (χ1v) is 6.36. The van der Waals surface area contributed by atoms with E-state index in [-0.39, 0.29) is 6.54 Å². The van der Waals surface area contributed by atoms with Crippen LogP contribution in [0.1, 0.15) is 6.92 Å². The third-order valence-electron chi connectivity index (χ3n) is 2.11. The Morgan fingerprint density at radius 3 is 2.82 bits per heavy atom. The molecular weight excluding hydrogens is 249 g/mol. The average Bonchev–Trinajstić information content (AvgIpc) is 2.26. The lowest BCUT2D eigenvalue weighted by molar-refractivity contribution is 0.164. The smallest absolute Gasteiger partial charge is 0.261 e. The number of aromatic nitrogens is 1. The van der Waals surface area contributed by atoms with Crippen molar-refractivity contribution in [2.24, 2.45) is 5.73 Å². The molecule has 0 bridgehead atoms. The van der Waals surface area contributed by atoms with Crippen LogP contribution in [0.5, 0.6) is 0 Å². The number of halogens is 1. The normalized spacial score (nSPS) is 15.5. The highest BCUT2D eigenvalue weighted by Gasteiger charge is 2.21. The van der Waals surface area contributed by atoms with Gasteiger partial charge in [0, 0.05) is 18.8 Å². The lowest BCUT2D eigenvalue weighted by atomic mass is 10.2. The zero-order valence-electron chi connectivity index (χ0n) is 9.17. The molecule has 8 heteroatoms. The number of rotatable bonds is 5. The van der Waals surface area contributed by atoms with Crippen molar-refractivity contribution in [3.63, 3.8) is 0 Å². The first-order valence-electron chi connectivity index (χ1n) is 4.88. The number of nitrogens with two attached hydrogens (primary N) is 1. The topological polar surface area (TPSA) is 105 Å². The van der Waals surface area contributed by atoms with E-state index >= 15 is 0 Å². The molecule has 0 aromatic carbocycles. The molecule has 0 saturated carbocycles. The molecule has 1 aromatic rings. The maximum atomic E-state index is 13.2. The molecule has 96 valence electrons. The van der Waals surface area contributed by atoms with E-state index in [1.165, 1.54) is 19.2 Å². The molecular formula is C9H14FN3O3S. The van der Waals surface area contributed by atoms with Crippen LogP contribution in [0.3, 0.4) is 0 Å². The lowest BCUT2D eigenvalue weighted by Crippen LogP contribution is -2.43. The van der Waals surface area contributed by atoms with Crippen molar-refractivity contribution in [3.8, 4) is 0 Å². The second-order valence-electron chi connectivity index (χ2n) is 3.55. The van der Waals surface area contributed by atoms with E-state index in [1.807, 2.05) is 0 Å². The third-order valence-corrected chi connectivity index (χ3v) is 3.46. The predicted octanol–water partition coefficient (Wildman–Crippen LogP) is -0.793. The number of aliphatic hydroxyl groups excluding tert-OH is 1. The molecule has 0 fully saturated rings. The fourth-order valence-corrected chi connectivity index (χ4v) is 2.09. The van der Waals surface area contributed by atoms with Gasteiger partial charge in [0.05, 0.1) is 6.10 Å². The van der Waals surface area contributed by atoms with Crippen LogP contribution in [0.4, 0.5) is 4.39 Å². The minimum absolute atomic E-state index is 0.198. The maximum Gasteiger partial charge on any atom is 0.261 e. The van der Waals surface area contributed by atoms with E-state index in [9.17, 15) is 12.8 Å². The summed E-state index contributed by atoms with van der Waals surface area (Å²) in [6.45, 7) is 1.23. The van der Waals surface area contributed by atoms with Gasteiger partial charge < -0.3 is 10.8 Å². The summed E-state index contributed by atoms with van der Waals surface area (Å²) in [6, 6.07) is 1.52. The molecule has 2 atom stereocenters. The second-order valence-corrected chi connectivity index (χ2v) is 5.23. The van der Waals surface area contributed by atoms with Gasteiger partial charge in [-0.15, -0.1) is 0 Å². The van der Waals surface area contributed by atoms with Crippen molar-refractivity contribution in [1.29, 1.82) is 0 Å². The first kappa shape index (κ1) is 14.0. The van der Waals surface area contributed by atoms with Crippen molar-refractivity contribution in [2.45, 2.75) is 24.1 Å². The van der Waals surface area contributed by atoms with Gasteiger partial charge in [0.25, 0.3) is 10.0 Å². The highest BCUT2D eigenvalue weighted by molar-refractivity contribution is 7.89. The monoisotopic (exact) mass is 263 g/mol. The Kier molecular flexibility index (Phi) is 4.52. The predicted molar refractivity (Wildman–Crippen MR) is 59.0 cm³/mol. The summed E-state index contributed by atoms with van der Waals surface area (Å²) >= 11 is 0. The molecule has 1 rings (SSSR count). The van der Waals surface area contributed by atoms with Crippen LogP contribution in [0.25, 0.3) is 0 Å². The molecule has 17 heavy (non-hydrogen) atoms. The highest BCUT2D eigenvalue weighted by atomic mass is 32.2. The van der Waals surface area contributed by atoms with E-state index in [4.69, 9.17) is 10.8 Å². The van der Waals surface area contributed by atoms with Gasteiger partial charge in [0.15, 0.2) is 5.82 Å². The van der Waals surface area contributed by atoms with Gasteiger partial charge in [0.2, 0.25) is 5.03 Å². The lowest BCUT2D eigenvalue weighted by Gasteiger charge is -2.15. The van der Waals surface area contributed by atoms with Crippen LogP contribution in [0.15, 0.2) is 23.4 Å². The number of sulfonamides is 1. The van der Waals surface area contributed by atoms with Crippen molar-refractivity contribution < 1.29 is 17.9 Å². The number of hydrogen-bond donors (Lipinski definition) is 3. The van der Waals surface area contributed by atoms with Crippen molar-refractivity contribution >= 4 is 10.0 Å². The molecule has 0 aliphatic heterocycles. The minimum Gasteiger partial charge on any atom is -0.392 e. The standard InChI is InChI=1S/C9H14FN3O3S/c1-6(14)8(11)5-13-17(15,16)9-7(10)3-2-4-12-9/h2-4,6,8,13-14H,5,11H2,1H3. The molecule has 2 unspecified atom stereocenters. The summed E-state index contributed by atoms with van der Waals surface area (Å²) in [6.07, 6.45) is 0.304. The van der Waals surface area contributed by atoms with Gasteiger partial charge in [-0.1, -0.05) is 0 Å². The fourth-order valence-electron chi connectivity index (χ4n) is 1.01. The van der Waals surface area contributed by atoms with Crippen LogP contribution in [-0.4, -0.2) is 37.2 Å². The number of hydrogen-bond acceptors (Lipinski definition) is 5. The van der Waals surface area contributed by atoms with Gasteiger partial charge in [-0.2, -0.15) is 0 Å². The number of aliphatic hydroxyl groups is 1. The van der Waals surface area contributed by atoms with Gasteiger partial charge in [-0.05, 0) is 19.1 Å². The number of pyridine rings is 1. The molecule has 0 radical (unpaired) electrons. The Morgan fingerprint density at radius 1 is 1.65 bits per heavy atom. The molecule has 6 nitrogen and oxygen atoms in total. The zero-order valence-corrected chi connectivity index (χ0v) is 9.98. The summed E-state index contributed by atoms with van der Waals surface area (Å²) < 4.78 is 38.5. The van der Waals surface area contributed by atoms with Gasteiger partial charge in [-0.25, -0.2) is 22.5 Å². The molecule has 0 aliphatic rings. The molecule has 1 aromatic heterocycles. The van der Waals surface area contributed by atoms with Gasteiger partial charge in [0.1, 0.15) is 0 Å². The SMILES string of the molecule is CC(O)C(N)CNS(=O)(=O)c1ncccc1F. The van der Waals surface area contributed by atoms with E-state index in [0.717, 1.165) is 6.07 Å². The Labute approximate surface area is 98.7 Å². The molecule has 0 amide bonds. The summed E-state index contributed by atoms with van der Waals surface area (Å²) in [4.78, 5) is 3.44. The van der Waals surface area contributed by atoms with Crippen LogP contribution < -0.4 is 10.5 Å². The maximum absolute atomic E-state index is 13.2. The van der Waals surface area contributed by atoms with Gasteiger partial charge in [-0.3, -0.25) is 0 Å². The van der Waals surface area contributed by atoms with Crippen molar-refractivity contribution in [1.82, 2.24) is 9.71 Å². The largest absolute Gasteiger partial charge is 0.392 e. The van der Waals surface area contributed by atoms with E-state index in [1.54, 1.807) is 0 Å². The van der Waals surface area contributed by atoms with E-state index in [0.29, 0.717) is 0 Å². The zero-order chi connectivity index (χ0) is 13.1. The van der Waals surface area contributed by atoms with Crippen LogP contribution in [0.2, 0.25) is 0 Å². The summed E-state index contributed by atoms with van der Waals surface area (Å²) in [5, 5.41) is 8.41. The van der Waals surface area contributed by atoms with Crippen molar-refractivity contribution in [2.75, 3.05) is 6.54 Å². The average molecular weight is 263 g/mol. The molecule has 0 aliphatic carbocycles. The highest BCUT2D eigenvalue weighted by Crippen LogP contribution is 2.09. The number of nitrogens with one attached hydrogen (secondary N) is 1. The molecule has 0 saturated heterocycles. The summed E-state index contributed by atoms with van der Waals surface area (Å²) in [5.41, 5.74) is 5.45. The van der Waals surface area contributed by atoms with Crippen LogP contribution in [0, 0.1) is 5.82 Å². The molecule has 4 N–H and O–H groups in total. The molecule has 0 spiro atoms. The summed E-state index contributed by atoms with van der Waals surface area (Å²) in [7, 11) is -4.05. The minimum atomic E-state index is -4.05. The number of nitrogens with zero attached hydrogens (tertiary/aromatic N) is 1. The third kappa shape index (κ3) is 3.70. The van der Waals surface area contributed by atoms with Crippen LogP contribution >= 0.6 is 0 Å². The molecule has 1 heterocycles. The second kappa shape index (κ2) is 5.50. The Hall–Kier alpha value is -1.09. The van der Waals surface area contributed by atoms with Gasteiger partial charge >= 0.3 is 0 Å². The fraction of sp³-hybridized carbons (Fsp3) is 0.444. The Bertz CT molecular complexity index is 478. The van der Waals surface area contributed by atoms with Crippen molar-refractivity contribution in [3.05, 3.63) is 24.1 Å². The first-order chi connectivity index (χ1) is 7.84. The van der Waals surface area contributed by atoms with E-state index < -0.39 is 33.0 Å². The Balaban J connectivity index is 2.80. The van der Waals surface area contributed by atoms with E-state index in [2.05, 4.69) is 9.71 Å². The Morgan fingerprint density at radius 2 is 2.29 bits per heavy atom.